The van der Waals surface area contributed by atoms with Crippen molar-refractivity contribution in [1.82, 2.24) is 9.80 Å². The molecule has 120 valence electrons. The number of nitrogens with zero attached hydrogens (tertiary/aromatic N) is 3. The summed E-state index contributed by atoms with van der Waals surface area (Å²) in [6.45, 7) is 2.95. The molecule has 2 rings (SSSR count). The van der Waals surface area contributed by atoms with E-state index in [4.69, 9.17) is 5.11 Å². The van der Waals surface area contributed by atoms with Crippen LogP contribution in [0.2, 0.25) is 0 Å². The number of aliphatic hydroxyl groups is 1. The maximum absolute atomic E-state index is 12.3. The first-order valence-corrected chi connectivity index (χ1v) is 7.22. The number of aliphatic hydroxyl groups excluding tert-OH is 1. The Kier molecular flexibility index (Phi) is 5.35. The molecule has 7 heteroatoms. The summed E-state index contributed by atoms with van der Waals surface area (Å²) in [5.74, 6) is -1.02. The van der Waals surface area contributed by atoms with Crippen molar-refractivity contribution in [2.45, 2.75) is 0 Å². The molecule has 0 unspecified atom stereocenters. The molecule has 1 aromatic rings. The number of rotatable bonds is 3. The van der Waals surface area contributed by atoms with E-state index in [0.29, 0.717) is 38.4 Å². The van der Waals surface area contributed by atoms with Gasteiger partial charge in [0.15, 0.2) is 0 Å². The summed E-state index contributed by atoms with van der Waals surface area (Å²) in [7, 11) is 1.54. The molecule has 2 N–H and O–H groups in total. The normalized spacial score (nSPS) is 15.6. The van der Waals surface area contributed by atoms with E-state index in [1.807, 2.05) is 0 Å². The van der Waals surface area contributed by atoms with Gasteiger partial charge in [0.25, 0.3) is 0 Å². The van der Waals surface area contributed by atoms with Gasteiger partial charge in [-0.05, 0) is 24.3 Å². The smallest absolute Gasteiger partial charge is 0.316 e. The van der Waals surface area contributed by atoms with E-state index in [2.05, 4.69) is 4.90 Å². The van der Waals surface area contributed by atoms with Crippen molar-refractivity contribution in [3.63, 3.8) is 0 Å². The van der Waals surface area contributed by atoms with Crippen LogP contribution in [0.25, 0.3) is 0 Å². The zero-order valence-corrected chi connectivity index (χ0v) is 12.6. The number of benzene rings is 1. The molecule has 1 heterocycles. The van der Waals surface area contributed by atoms with Gasteiger partial charge < -0.3 is 20.0 Å². The van der Waals surface area contributed by atoms with Crippen molar-refractivity contribution in [2.24, 2.45) is 0 Å². The van der Waals surface area contributed by atoms with Crippen LogP contribution in [0.4, 0.5) is 5.69 Å². The summed E-state index contributed by atoms with van der Waals surface area (Å²) in [6.07, 6.45) is 0. The third-order valence-electron chi connectivity index (χ3n) is 3.80. The standard InChI is InChI=1S/C15H21N3O4/c1-16(12-2-4-13(20)5-3-12)14(21)15(22)18-8-6-17(7-9-18)10-11-19/h2-5,19-20H,6-11H2,1H3. The fraction of sp³-hybridized carbons (Fsp3) is 0.467. The molecule has 2 amide bonds. The number of piperazine rings is 1. The number of hydrogen-bond acceptors (Lipinski definition) is 5. The van der Waals surface area contributed by atoms with Gasteiger partial charge in [0.1, 0.15) is 5.75 Å². The van der Waals surface area contributed by atoms with Crippen LogP contribution in [0, 0.1) is 0 Å². The van der Waals surface area contributed by atoms with Crippen molar-refractivity contribution in [1.29, 1.82) is 0 Å². The van der Waals surface area contributed by atoms with Gasteiger partial charge in [-0.25, -0.2) is 0 Å². The third kappa shape index (κ3) is 3.75. The molecule has 0 bridgehead atoms. The summed E-state index contributed by atoms with van der Waals surface area (Å²) in [5, 5.41) is 18.2. The molecule has 1 aliphatic rings. The van der Waals surface area contributed by atoms with Gasteiger partial charge in [0.2, 0.25) is 0 Å². The first-order valence-electron chi connectivity index (χ1n) is 7.22. The zero-order chi connectivity index (χ0) is 16.1. The van der Waals surface area contributed by atoms with E-state index >= 15 is 0 Å². The molecule has 0 aliphatic carbocycles. The van der Waals surface area contributed by atoms with E-state index in [1.165, 1.54) is 29.0 Å². The van der Waals surface area contributed by atoms with Gasteiger partial charge in [-0.1, -0.05) is 0 Å². The Hall–Kier alpha value is -2.12. The highest BCUT2D eigenvalue weighted by Crippen LogP contribution is 2.17. The van der Waals surface area contributed by atoms with Crippen LogP contribution < -0.4 is 4.90 Å². The van der Waals surface area contributed by atoms with Crippen LogP contribution in [0.15, 0.2) is 24.3 Å². The van der Waals surface area contributed by atoms with Crippen molar-refractivity contribution in [3.05, 3.63) is 24.3 Å². The van der Waals surface area contributed by atoms with Crippen molar-refractivity contribution >= 4 is 17.5 Å². The Balaban J connectivity index is 1.94. The Bertz CT molecular complexity index is 524. The van der Waals surface area contributed by atoms with E-state index in [-0.39, 0.29) is 12.4 Å². The summed E-state index contributed by atoms with van der Waals surface area (Å²) >= 11 is 0. The molecule has 0 radical (unpaired) electrons. The van der Waals surface area contributed by atoms with Crippen molar-refractivity contribution in [2.75, 3.05) is 51.3 Å². The maximum atomic E-state index is 12.3. The zero-order valence-electron chi connectivity index (χ0n) is 12.6. The monoisotopic (exact) mass is 307 g/mol. The molecule has 1 aromatic carbocycles. The van der Waals surface area contributed by atoms with Crippen LogP contribution in [0.5, 0.6) is 5.75 Å². The lowest BCUT2D eigenvalue weighted by atomic mass is 10.2. The largest absolute Gasteiger partial charge is 0.508 e. The molecule has 7 nitrogen and oxygen atoms in total. The number of anilines is 1. The second kappa shape index (κ2) is 7.24. The van der Waals surface area contributed by atoms with Gasteiger partial charge in [-0.2, -0.15) is 0 Å². The first-order chi connectivity index (χ1) is 10.5. The van der Waals surface area contributed by atoms with Gasteiger partial charge in [-0.3, -0.25) is 14.5 Å². The molecule has 0 atom stereocenters. The van der Waals surface area contributed by atoms with Gasteiger partial charge in [0, 0.05) is 45.5 Å². The minimum atomic E-state index is -0.596. The topological polar surface area (TPSA) is 84.3 Å². The van der Waals surface area contributed by atoms with E-state index < -0.39 is 11.8 Å². The van der Waals surface area contributed by atoms with Crippen molar-refractivity contribution < 1.29 is 19.8 Å². The van der Waals surface area contributed by atoms with Gasteiger partial charge in [-0.15, -0.1) is 0 Å². The van der Waals surface area contributed by atoms with Crippen LogP contribution in [-0.4, -0.2) is 78.2 Å². The predicted molar refractivity (Wildman–Crippen MR) is 81.6 cm³/mol. The molecular weight excluding hydrogens is 286 g/mol. The molecule has 0 spiro atoms. The number of carbonyl (C=O) groups is 2. The fourth-order valence-electron chi connectivity index (χ4n) is 2.39. The Morgan fingerprint density at radius 3 is 2.27 bits per heavy atom. The number of likely N-dealkylation sites (N-methyl/N-ethyl adjacent to an activating group) is 1. The second-order valence-electron chi connectivity index (χ2n) is 5.24. The van der Waals surface area contributed by atoms with E-state index in [0.717, 1.165) is 0 Å². The fourth-order valence-corrected chi connectivity index (χ4v) is 2.39. The summed E-state index contributed by atoms with van der Waals surface area (Å²) < 4.78 is 0. The Morgan fingerprint density at radius 1 is 1.14 bits per heavy atom. The highest BCUT2D eigenvalue weighted by molar-refractivity contribution is 6.40. The van der Waals surface area contributed by atoms with Gasteiger partial charge in [0.05, 0.1) is 6.61 Å². The van der Waals surface area contributed by atoms with Crippen LogP contribution in [0.1, 0.15) is 0 Å². The predicted octanol–water partition coefficient (Wildman–Crippen LogP) is -0.508. The lowest BCUT2D eigenvalue weighted by Crippen LogP contribution is -2.53. The van der Waals surface area contributed by atoms with E-state index in [9.17, 15) is 14.7 Å². The van der Waals surface area contributed by atoms with Gasteiger partial charge >= 0.3 is 11.8 Å². The Morgan fingerprint density at radius 2 is 1.73 bits per heavy atom. The minimum absolute atomic E-state index is 0.0937. The molecule has 1 fully saturated rings. The number of β-amino-alcohol motifs (C(OH)–C–C–N with tert-alkyl or cyclic N) is 1. The Labute approximate surface area is 129 Å². The molecule has 0 aromatic heterocycles. The maximum Gasteiger partial charge on any atom is 0.316 e. The quantitative estimate of drug-likeness (QED) is 0.735. The number of hydrogen-bond donors (Lipinski definition) is 2. The second-order valence-corrected chi connectivity index (χ2v) is 5.24. The first kappa shape index (κ1) is 16.3. The number of phenolic OH excluding ortho intramolecular Hbond substituents is 1. The SMILES string of the molecule is CN(C(=O)C(=O)N1CCN(CCO)CC1)c1ccc(O)cc1. The van der Waals surface area contributed by atoms with Crippen molar-refractivity contribution in [3.8, 4) is 5.75 Å². The molecule has 1 aliphatic heterocycles. The number of phenols is 1. The highest BCUT2D eigenvalue weighted by Gasteiger charge is 2.28. The van der Waals surface area contributed by atoms with Crippen LogP contribution in [-0.2, 0) is 9.59 Å². The number of amides is 2. The lowest BCUT2D eigenvalue weighted by Gasteiger charge is -2.34. The summed E-state index contributed by atoms with van der Waals surface area (Å²) in [5.41, 5.74) is 0.551. The van der Waals surface area contributed by atoms with E-state index in [1.54, 1.807) is 12.1 Å². The third-order valence-corrected chi connectivity index (χ3v) is 3.80. The van der Waals surface area contributed by atoms with Crippen LogP contribution >= 0.6 is 0 Å². The van der Waals surface area contributed by atoms with Crippen LogP contribution in [0.3, 0.4) is 0 Å². The molecule has 22 heavy (non-hydrogen) atoms. The average molecular weight is 307 g/mol. The number of aromatic hydroxyl groups is 1. The molecular formula is C15H21N3O4. The average Bonchev–Trinajstić information content (AvgIpc) is 2.54. The number of carbonyl (C=O) groups excluding carboxylic acids is 2. The summed E-state index contributed by atoms with van der Waals surface area (Å²) in [6, 6.07) is 6.11. The minimum Gasteiger partial charge on any atom is -0.508 e. The highest BCUT2D eigenvalue weighted by atomic mass is 16.3. The molecule has 0 saturated carbocycles. The molecule has 1 saturated heterocycles. The summed E-state index contributed by atoms with van der Waals surface area (Å²) in [4.78, 5) is 29.4. The lowest BCUT2D eigenvalue weighted by molar-refractivity contribution is -0.145.